The Labute approximate surface area is 220 Å². The molecule has 1 aliphatic rings. The number of ether oxygens (including phenoxy) is 1. The maximum atomic E-state index is 7.30. The van der Waals surface area contributed by atoms with Gasteiger partial charge in [-0.15, -0.1) is 0 Å². The van der Waals surface area contributed by atoms with Gasteiger partial charge in [0.25, 0.3) is 0 Å². The van der Waals surface area contributed by atoms with Gasteiger partial charge in [-0.1, -0.05) is 95.4 Å². The zero-order valence-electron chi connectivity index (χ0n) is 24.7. The number of hydrogen-bond acceptors (Lipinski definition) is 3. The van der Waals surface area contributed by atoms with Gasteiger partial charge in [0, 0.05) is 44.0 Å². The van der Waals surface area contributed by atoms with Crippen LogP contribution in [0.25, 0.3) is 22.5 Å². The number of aryl methyl sites for hydroxylation is 2. The van der Waals surface area contributed by atoms with Gasteiger partial charge in [0.15, 0.2) is 0 Å². The molecule has 0 radical (unpaired) electrons. The minimum absolute atomic E-state index is 0.133. The third-order valence-corrected chi connectivity index (χ3v) is 4.60. The summed E-state index contributed by atoms with van der Waals surface area (Å²) in [6.45, 7) is 1.86. The summed E-state index contributed by atoms with van der Waals surface area (Å²) in [6, 6.07) is 30.9. The van der Waals surface area contributed by atoms with E-state index >= 15 is 0 Å². The number of aromatic nitrogens is 2. The van der Waals surface area contributed by atoms with E-state index in [9.17, 15) is 0 Å². The topological polar surface area (TPSA) is 35.0 Å². The molecule has 0 saturated carbocycles. The average Bonchev–Trinajstić information content (AvgIpc) is 3.49. The van der Waals surface area contributed by atoms with E-state index < -0.39 is 11.7 Å². The summed E-state index contributed by atoms with van der Waals surface area (Å²) in [4.78, 5) is 6.82. The molecule has 33 heavy (non-hydrogen) atoms. The van der Waals surface area contributed by atoms with Gasteiger partial charge in [0.1, 0.15) is 0 Å². The van der Waals surface area contributed by atoms with Crippen LogP contribution in [0, 0.1) is 13.8 Å². The lowest BCUT2D eigenvalue weighted by atomic mass is 10.1. The standard InChI is InChI=1S/2C12H11N.C4H8O.CH3I/c2*1-10-6-5-9-12(13-10)11-7-3-2-4-8-11;1-2-4-5-3-1;1-2/h2*2-9H,1H3;1-4H2;1H3/i1D3;;;1D3. The predicted molar refractivity (Wildman–Crippen MR) is 149 cm³/mol. The van der Waals surface area contributed by atoms with Crippen molar-refractivity contribution in [2.45, 2.75) is 26.6 Å². The fraction of sp³-hybridized carbons (Fsp3) is 0.241. The second kappa shape index (κ2) is 16.1. The molecule has 2 aromatic heterocycles. The van der Waals surface area contributed by atoms with Crippen LogP contribution in [-0.4, -0.2) is 28.0 Å². The van der Waals surface area contributed by atoms with Crippen molar-refractivity contribution in [2.24, 2.45) is 0 Å². The van der Waals surface area contributed by atoms with Crippen LogP contribution in [0.15, 0.2) is 97.1 Å². The molecule has 172 valence electrons. The summed E-state index contributed by atoms with van der Waals surface area (Å²) in [5.74, 6) is 0. The highest BCUT2D eigenvalue weighted by atomic mass is 127. The SMILES string of the molecule is C1CCOC1.Cc1cccc(-c2ccccc2)n1.[2H]C([2H])([2H])I.[2H]C([2H])([2H])c1cccc(-c2ccccc2)n1. The molecule has 0 unspecified atom stereocenters. The first-order valence-electron chi connectivity index (χ1n) is 13.7. The van der Waals surface area contributed by atoms with Crippen LogP contribution in [0.4, 0.5) is 0 Å². The molecule has 0 N–H and O–H groups in total. The number of pyridine rings is 2. The van der Waals surface area contributed by atoms with Crippen LogP contribution in [0.3, 0.4) is 0 Å². The molecular weight excluding hydrogens is 519 g/mol. The van der Waals surface area contributed by atoms with Gasteiger partial charge in [0.2, 0.25) is 0 Å². The van der Waals surface area contributed by atoms with Crippen LogP contribution < -0.4 is 0 Å². The highest BCUT2D eigenvalue weighted by Crippen LogP contribution is 2.16. The fourth-order valence-electron chi connectivity index (χ4n) is 3.03. The first-order chi connectivity index (χ1) is 18.4. The summed E-state index contributed by atoms with van der Waals surface area (Å²) in [7, 11) is 0. The summed E-state index contributed by atoms with van der Waals surface area (Å²) in [6.07, 6.45) is 2.56. The lowest BCUT2D eigenvalue weighted by Gasteiger charge is -2.00. The molecule has 3 heterocycles. The maximum Gasteiger partial charge on any atom is 0.0705 e. The molecule has 1 fully saturated rings. The third-order valence-electron chi connectivity index (χ3n) is 4.60. The van der Waals surface area contributed by atoms with Gasteiger partial charge in [0.05, 0.1) is 11.4 Å². The highest BCUT2D eigenvalue weighted by molar-refractivity contribution is 14.1. The molecule has 0 aliphatic carbocycles. The number of alkyl halides is 1. The quantitative estimate of drug-likeness (QED) is 0.185. The van der Waals surface area contributed by atoms with Crippen molar-refractivity contribution in [3.63, 3.8) is 0 Å². The summed E-state index contributed by atoms with van der Waals surface area (Å²) < 4.78 is 45.6. The smallest absolute Gasteiger partial charge is 0.0705 e. The Hall–Kier alpha value is -2.57. The first-order valence-corrected chi connectivity index (χ1v) is 11.8. The number of hydrogen-bond donors (Lipinski definition) is 0. The molecule has 3 nitrogen and oxygen atoms in total. The number of benzene rings is 2. The number of nitrogens with zero attached hydrogens (tertiary/aromatic N) is 2. The molecule has 4 aromatic rings. The van der Waals surface area contributed by atoms with Gasteiger partial charge < -0.3 is 4.74 Å². The molecular formula is C29H33IN2O. The summed E-state index contributed by atoms with van der Waals surface area (Å²) >= 11 is 1.38. The normalized spacial score (nSPS) is 15.1. The largest absolute Gasteiger partial charge is 0.381 e. The van der Waals surface area contributed by atoms with Crippen LogP contribution in [0.1, 0.15) is 32.5 Å². The van der Waals surface area contributed by atoms with Crippen LogP contribution in [-0.2, 0) is 4.74 Å². The third kappa shape index (κ3) is 10.3. The van der Waals surface area contributed by atoms with Crippen LogP contribution in [0.5, 0.6) is 0 Å². The molecule has 0 amide bonds. The second-order valence-corrected chi connectivity index (χ2v) is 7.12. The van der Waals surface area contributed by atoms with E-state index in [1.165, 1.54) is 47.1 Å². The van der Waals surface area contributed by atoms with Crippen molar-refractivity contribution in [3.05, 3.63) is 108 Å². The lowest BCUT2D eigenvalue weighted by Crippen LogP contribution is -1.84. The van der Waals surface area contributed by atoms with E-state index in [0.29, 0.717) is 5.69 Å². The van der Waals surface area contributed by atoms with Gasteiger partial charge in [-0.05, 0) is 55.7 Å². The zero-order valence-corrected chi connectivity index (χ0v) is 20.9. The molecule has 4 heteroatoms. The Bertz CT molecular complexity index is 1220. The fourth-order valence-corrected chi connectivity index (χ4v) is 3.03. The maximum absolute atomic E-state index is 7.30. The Morgan fingerprint density at radius 3 is 1.52 bits per heavy atom. The minimum Gasteiger partial charge on any atom is -0.381 e. The van der Waals surface area contributed by atoms with E-state index in [1.807, 2.05) is 79.7 Å². The van der Waals surface area contributed by atoms with Crippen molar-refractivity contribution >= 4 is 22.6 Å². The molecule has 0 spiro atoms. The first kappa shape index (κ1) is 18.8. The van der Waals surface area contributed by atoms with Crippen LogP contribution in [0.2, 0.25) is 0 Å². The molecule has 5 rings (SSSR count). The van der Waals surface area contributed by atoms with Crippen molar-refractivity contribution in [1.29, 1.82) is 0 Å². The van der Waals surface area contributed by atoms with Crippen molar-refractivity contribution in [2.75, 3.05) is 18.1 Å². The van der Waals surface area contributed by atoms with Crippen LogP contribution >= 0.6 is 22.6 Å². The van der Waals surface area contributed by atoms with Gasteiger partial charge in [-0.25, -0.2) is 0 Å². The van der Waals surface area contributed by atoms with Gasteiger partial charge >= 0.3 is 0 Å². The summed E-state index contributed by atoms with van der Waals surface area (Å²) in [5.41, 5.74) is 5.02. The Morgan fingerprint density at radius 1 is 0.667 bits per heavy atom. The second-order valence-electron chi connectivity index (χ2n) is 7.12. The number of rotatable bonds is 2. The zero-order chi connectivity index (χ0) is 28.7. The van der Waals surface area contributed by atoms with E-state index in [0.717, 1.165) is 30.2 Å². The van der Waals surface area contributed by atoms with E-state index in [4.69, 9.17) is 13.0 Å². The molecule has 1 saturated heterocycles. The van der Waals surface area contributed by atoms with E-state index in [2.05, 4.69) is 22.1 Å². The van der Waals surface area contributed by atoms with Crippen molar-refractivity contribution < 1.29 is 13.0 Å². The minimum atomic E-state index is -2.15. The van der Waals surface area contributed by atoms with Gasteiger partial charge in [-0.3, -0.25) is 9.97 Å². The van der Waals surface area contributed by atoms with Crippen molar-refractivity contribution in [3.8, 4) is 22.5 Å². The Morgan fingerprint density at radius 2 is 1.12 bits per heavy atom. The predicted octanol–water partition coefficient (Wildman–Crippen LogP) is 7.96. The van der Waals surface area contributed by atoms with E-state index in [1.54, 1.807) is 6.07 Å². The van der Waals surface area contributed by atoms with Gasteiger partial charge in [-0.2, -0.15) is 0 Å². The molecule has 1 aliphatic heterocycles. The van der Waals surface area contributed by atoms with E-state index in [-0.39, 0.29) is 5.69 Å². The molecule has 0 atom stereocenters. The Balaban J connectivity index is 0.000000206. The number of halogens is 1. The Kier molecular flexibility index (Phi) is 9.18. The summed E-state index contributed by atoms with van der Waals surface area (Å²) in [5, 5.41) is 0. The van der Waals surface area contributed by atoms with Crippen molar-refractivity contribution in [1.82, 2.24) is 9.97 Å². The molecule has 0 bridgehead atoms. The highest BCUT2D eigenvalue weighted by Gasteiger charge is 1.97. The lowest BCUT2D eigenvalue weighted by molar-refractivity contribution is 0.198. The monoisotopic (exact) mass is 558 g/mol. The average molecular weight is 559 g/mol. The molecule has 2 aromatic carbocycles.